The zero-order chi connectivity index (χ0) is 8.73. The third kappa shape index (κ3) is 42.2. The summed E-state index contributed by atoms with van der Waals surface area (Å²) in [5, 5.41) is 26.9. The Morgan fingerprint density at radius 2 is 1.36 bits per heavy atom. The summed E-state index contributed by atoms with van der Waals surface area (Å²) in [6.45, 7) is 5.44. The minimum atomic E-state index is -0.750. The topological polar surface area (TPSA) is 92.3 Å². The van der Waals surface area contributed by atoms with Crippen molar-refractivity contribution in [2.75, 3.05) is 0 Å². The molecule has 0 amide bonds. The van der Waals surface area contributed by atoms with Crippen LogP contribution in [0.2, 0.25) is 0 Å². The molecule has 0 bridgehead atoms. The van der Waals surface area contributed by atoms with Crippen molar-refractivity contribution in [3.63, 3.8) is 0 Å². The van der Waals surface area contributed by atoms with Crippen LogP contribution in [-0.2, 0) is 0 Å². The first-order chi connectivity index (χ1) is 4.37. The summed E-state index contributed by atoms with van der Waals surface area (Å²) in [5.41, 5.74) is 0. The molecule has 0 aromatic heterocycles. The summed E-state index contributed by atoms with van der Waals surface area (Å²) in [4.78, 5) is 8.42. The minimum Gasteiger partial charge on any atom is -0.613 e. The van der Waals surface area contributed by atoms with Crippen molar-refractivity contribution in [1.29, 1.82) is 0 Å². The van der Waals surface area contributed by atoms with Crippen molar-refractivity contribution in [2.24, 2.45) is 0 Å². The summed E-state index contributed by atoms with van der Waals surface area (Å²) in [7, 11) is 0. The van der Waals surface area contributed by atoms with E-state index in [0.717, 1.165) is 0 Å². The summed E-state index contributed by atoms with van der Waals surface area (Å²) in [5.74, 6) is 0. The Hall–Kier alpha value is -0.330. The van der Waals surface area contributed by atoms with Crippen LogP contribution < -0.4 is 29.6 Å². The Morgan fingerprint density at radius 3 is 1.36 bits per heavy atom. The smallest absolute Gasteiger partial charge is 0.613 e. The van der Waals surface area contributed by atoms with Crippen molar-refractivity contribution in [3.8, 4) is 0 Å². The minimum absolute atomic E-state index is 0. The molecule has 11 heavy (non-hydrogen) atoms. The predicted octanol–water partition coefficient (Wildman–Crippen LogP) is -2.63. The van der Waals surface area contributed by atoms with E-state index < -0.39 is 10.9 Å². The van der Waals surface area contributed by atoms with Crippen LogP contribution in [0.25, 0.3) is 0 Å². The fraction of sp³-hybridized carbons (Fsp3) is 0.750. The molecule has 0 aliphatic rings. The molecule has 0 heterocycles. The van der Waals surface area contributed by atoms with Crippen molar-refractivity contribution in [1.82, 2.24) is 0 Å². The van der Waals surface area contributed by atoms with Gasteiger partial charge in [-0.25, -0.2) is 0 Å². The first-order valence-corrected chi connectivity index (χ1v) is 2.46. The molecule has 0 spiro atoms. The van der Waals surface area contributed by atoms with E-state index in [4.69, 9.17) is 10.4 Å². The van der Waals surface area contributed by atoms with Gasteiger partial charge < -0.3 is 10.4 Å². The van der Waals surface area contributed by atoms with Gasteiger partial charge in [0.1, 0.15) is 0 Å². The molecule has 0 aromatic rings. The molecule has 0 N–H and O–H groups in total. The van der Waals surface area contributed by atoms with Gasteiger partial charge in [0.05, 0.1) is 0 Å². The van der Waals surface area contributed by atoms with E-state index in [1.165, 1.54) is 0 Å². The molecule has 0 aromatic carbocycles. The number of nitrogens with zero attached hydrogens (tertiary/aromatic N) is 2. The van der Waals surface area contributed by atoms with E-state index in [-0.39, 0.29) is 34.5 Å². The van der Waals surface area contributed by atoms with Crippen molar-refractivity contribution in [2.45, 2.75) is 19.9 Å². The van der Waals surface area contributed by atoms with Crippen molar-refractivity contribution < 1.29 is 39.4 Å². The largest absolute Gasteiger partial charge is 1.00 e. The number of nitro groups is 1. The number of rotatable bonds is 1. The molecule has 0 fully saturated rings. The summed E-state index contributed by atoms with van der Waals surface area (Å²) in [6.07, 6.45) is 0. The second kappa shape index (κ2) is 9.67. The van der Waals surface area contributed by atoms with Gasteiger partial charge in [-0.3, -0.25) is 10.1 Å². The summed E-state index contributed by atoms with van der Waals surface area (Å²) in [6, 6.07) is -0.426. The van der Waals surface area contributed by atoms with Crippen LogP contribution in [0.4, 0.5) is 0 Å². The van der Waals surface area contributed by atoms with Gasteiger partial charge in [0.2, 0.25) is 6.04 Å². The Morgan fingerprint density at radius 1 is 1.27 bits per heavy atom. The van der Waals surface area contributed by atoms with E-state index in [1.807, 2.05) is 0 Å². The average Bonchev–Trinajstić information content (AvgIpc) is 1.63. The Balaban J connectivity index is -0.000000114. The van der Waals surface area contributed by atoms with E-state index >= 15 is 0 Å². The molecule has 0 saturated carbocycles. The van der Waals surface area contributed by atoms with E-state index in [0.29, 0.717) is 0 Å². The molecule has 0 radical (unpaired) electrons. The molecular formula is C4H9N2NaO4. The second-order valence-corrected chi connectivity index (χ2v) is 1.71. The van der Waals surface area contributed by atoms with Gasteiger partial charge in [0.15, 0.2) is 6.72 Å². The molecule has 0 saturated heterocycles. The SMILES string of the molecule is C=[N+]([O-])[O-].CC(C)[N+](=O)[O-].[Na+]. The first-order valence-electron chi connectivity index (χ1n) is 2.46. The maximum absolute atomic E-state index is 9.50. The molecule has 0 unspecified atom stereocenters. The van der Waals surface area contributed by atoms with Gasteiger partial charge in [-0.05, 0) is 0 Å². The van der Waals surface area contributed by atoms with E-state index in [1.54, 1.807) is 13.8 Å². The van der Waals surface area contributed by atoms with E-state index in [9.17, 15) is 10.1 Å². The van der Waals surface area contributed by atoms with Crippen LogP contribution in [0.1, 0.15) is 13.8 Å². The Bertz CT molecular complexity index is 123. The maximum Gasteiger partial charge on any atom is 1.00 e. The number of hydrogen-bond acceptors (Lipinski definition) is 4. The zero-order valence-corrected chi connectivity index (χ0v) is 8.81. The second-order valence-electron chi connectivity index (χ2n) is 1.71. The van der Waals surface area contributed by atoms with Gasteiger partial charge in [0.25, 0.3) is 0 Å². The number of hydrogen-bond donors (Lipinski definition) is 0. The molecule has 0 rings (SSSR count). The standard InChI is InChI=1S/C3H7NO2.CH2NO2.Na/c1-3(2)4(5)6;1-2(3)4;/h3H,1-2H3;1H2;/q;-1;+1. The maximum atomic E-state index is 9.50. The average molecular weight is 172 g/mol. The van der Waals surface area contributed by atoms with Crippen LogP contribution in [0.15, 0.2) is 0 Å². The van der Waals surface area contributed by atoms with Crippen LogP contribution in [0.3, 0.4) is 0 Å². The fourth-order valence-electron chi connectivity index (χ4n) is 0. The van der Waals surface area contributed by atoms with E-state index in [2.05, 4.69) is 6.72 Å². The molecule has 6 nitrogen and oxygen atoms in total. The van der Waals surface area contributed by atoms with Crippen LogP contribution in [0.5, 0.6) is 0 Å². The quantitative estimate of drug-likeness (QED) is 0.142. The summed E-state index contributed by atoms with van der Waals surface area (Å²) < 4.78 is 0. The Labute approximate surface area is 86.5 Å². The Kier molecular flexibility index (Phi) is 14.9. The van der Waals surface area contributed by atoms with Crippen LogP contribution >= 0.6 is 0 Å². The molecule has 60 valence electrons. The molecule has 7 heteroatoms. The third-order valence-electron chi connectivity index (χ3n) is 0.422. The molecular weight excluding hydrogens is 163 g/mol. The predicted molar refractivity (Wildman–Crippen MR) is 36.2 cm³/mol. The monoisotopic (exact) mass is 172 g/mol. The molecule has 0 aliphatic heterocycles. The zero-order valence-electron chi connectivity index (χ0n) is 6.81. The molecule has 0 aliphatic carbocycles. The van der Waals surface area contributed by atoms with Crippen molar-refractivity contribution in [3.05, 3.63) is 20.5 Å². The normalized spacial score (nSPS) is 7.18. The van der Waals surface area contributed by atoms with Crippen molar-refractivity contribution >= 4 is 6.72 Å². The third-order valence-corrected chi connectivity index (χ3v) is 0.422. The van der Waals surface area contributed by atoms with Crippen LogP contribution in [-0.4, -0.2) is 22.6 Å². The van der Waals surface area contributed by atoms with Gasteiger partial charge in [0, 0.05) is 18.8 Å². The fourth-order valence-corrected chi connectivity index (χ4v) is 0. The first kappa shape index (κ1) is 17.0. The summed E-state index contributed by atoms with van der Waals surface area (Å²) >= 11 is 0. The van der Waals surface area contributed by atoms with Gasteiger partial charge in [-0.1, -0.05) is 0 Å². The van der Waals surface area contributed by atoms with Gasteiger partial charge >= 0.3 is 29.6 Å². The van der Waals surface area contributed by atoms with Crippen LogP contribution in [0, 0.1) is 20.5 Å². The van der Waals surface area contributed by atoms with Gasteiger partial charge in [-0.15, -0.1) is 0 Å². The molecule has 0 atom stereocenters. The van der Waals surface area contributed by atoms with Gasteiger partial charge in [-0.2, -0.15) is 4.90 Å².